The van der Waals surface area contributed by atoms with E-state index in [0.717, 1.165) is 9.33 Å². The number of hydrogen-bond acceptors (Lipinski definition) is 2. The first-order valence-corrected chi connectivity index (χ1v) is 6.10. The van der Waals surface area contributed by atoms with Crippen LogP contribution in [0.1, 0.15) is 21.9 Å². The van der Waals surface area contributed by atoms with E-state index in [1.165, 1.54) is 0 Å². The van der Waals surface area contributed by atoms with E-state index in [0.29, 0.717) is 16.3 Å². The average molecular weight is 347 g/mol. The quantitative estimate of drug-likeness (QED) is 0.606. The van der Waals surface area contributed by atoms with Gasteiger partial charge in [-0.1, -0.05) is 11.6 Å². The molecule has 4 heteroatoms. The van der Waals surface area contributed by atoms with E-state index in [-0.39, 0.29) is 5.78 Å². The highest BCUT2D eigenvalue weighted by molar-refractivity contribution is 14.1. The molecule has 0 unspecified atom stereocenters. The van der Waals surface area contributed by atoms with Gasteiger partial charge >= 0.3 is 0 Å². The van der Waals surface area contributed by atoms with Crippen LogP contribution in [0.4, 0.5) is 0 Å². The lowest BCUT2D eigenvalue weighted by Gasteiger charge is -2.00. The molecule has 0 spiro atoms. The maximum absolute atomic E-state index is 12.0. The van der Waals surface area contributed by atoms with Crippen molar-refractivity contribution in [3.05, 3.63) is 56.0 Å². The normalized spacial score (nSPS) is 10.4. The van der Waals surface area contributed by atoms with Crippen molar-refractivity contribution >= 4 is 40.0 Å². The molecule has 0 aliphatic rings. The summed E-state index contributed by atoms with van der Waals surface area (Å²) in [5.41, 5.74) is 0.541. The second-order valence-corrected chi connectivity index (χ2v) is 4.94. The molecule has 0 bridgehead atoms. The fraction of sp³-hybridized carbons (Fsp3) is 0.0833. The molecule has 0 fully saturated rings. The fourth-order valence-corrected chi connectivity index (χ4v) is 1.85. The molecule has 0 radical (unpaired) electrons. The molecule has 1 aromatic carbocycles. The van der Waals surface area contributed by atoms with Crippen molar-refractivity contribution in [1.29, 1.82) is 0 Å². The standard InChI is InChI=1S/C12H8ClIO2/c1-7-2-5-11(16-7)12(15)8-3-4-10(14)9(13)6-8/h2-6H,1H3. The van der Waals surface area contributed by atoms with Crippen molar-refractivity contribution in [2.75, 3.05) is 0 Å². The molecule has 16 heavy (non-hydrogen) atoms. The van der Waals surface area contributed by atoms with E-state index in [4.69, 9.17) is 16.0 Å². The Morgan fingerprint density at radius 1 is 1.31 bits per heavy atom. The van der Waals surface area contributed by atoms with Gasteiger partial charge in [0.25, 0.3) is 0 Å². The molecular formula is C12H8ClIO2. The van der Waals surface area contributed by atoms with Crippen molar-refractivity contribution in [3.8, 4) is 0 Å². The second-order valence-electron chi connectivity index (χ2n) is 3.37. The van der Waals surface area contributed by atoms with Gasteiger partial charge in [0.15, 0.2) is 5.76 Å². The summed E-state index contributed by atoms with van der Waals surface area (Å²) in [5.74, 6) is 0.918. The highest BCUT2D eigenvalue weighted by Gasteiger charge is 2.13. The molecule has 0 N–H and O–H groups in total. The SMILES string of the molecule is Cc1ccc(C(=O)c2ccc(I)c(Cl)c2)o1. The molecule has 2 nitrogen and oxygen atoms in total. The van der Waals surface area contributed by atoms with Crippen LogP contribution in [0.25, 0.3) is 0 Å². The first-order chi connectivity index (χ1) is 7.58. The van der Waals surface area contributed by atoms with Crippen molar-refractivity contribution in [2.24, 2.45) is 0 Å². The maximum atomic E-state index is 12.0. The van der Waals surface area contributed by atoms with E-state index in [1.807, 2.05) is 6.07 Å². The molecule has 82 valence electrons. The lowest BCUT2D eigenvalue weighted by atomic mass is 10.1. The Hall–Kier alpha value is -0.810. The van der Waals surface area contributed by atoms with Crippen LogP contribution < -0.4 is 0 Å². The Balaban J connectivity index is 2.38. The van der Waals surface area contributed by atoms with Gasteiger partial charge in [-0.2, -0.15) is 0 Å². The molecule has 2 aromatic rings. The average Bonchev–Trinajstić information content (AvgIpc) is 2.68. The summed E-state index contributed by atoms with van der Waals surface area (Å²) in [6.07, 6.45) is 0. The van der Waals surface area contributed by atoms with E-state index < -0.39 is 0 Å². The number of benzene rings is 1. The largest absolute Gasteiger partial charge is 0.458 e. The van der Waals surface area contributed by atoms with Gasteiger partial charge in [-0.05, 0) is 59.8 Å². The third kappa shape index (κ3) is 2.30. The fourth-order valence-electron chi connectivity index (χ4n) is 1.34. The summed E-state index contributed by atoms with van der Waals surface area (Å²) in [6, 6.07) is 8.65. The zero-order valence-electron chi connectivity index (χ0n) is 8.46. The minimum atomic E-state index is -0.147. The Morgan fingerprint density at radius 2 is 2.06 bits per heavy atom. The van der Waals surface area contributed by atoms with Crippen LogP contribution in [0, 0.1) is 10.5 Å². The molecule has 1 heterocycles. The number of rotatable bonds is 2. The highest BCUT2D eigenvalue weighted by atomic mass is 127. The third-order valence-corrected chi connectivity index (χ3v) is 3.72. The number of furan rings is 1. The molecule has 0 saturated heterocycles. The number of carbonyl (C=O) groups excluding carboxylic acids is 1. The summed E-state index contributed by atoms with van der Waals surface area (Å²) in [7, 11) is 0. The minimum Gasteiger partial charge on any atom is -0.458 e. The number of carbonyl (C=O) groups is 1. The zero-order chi connectivity index (χ0) is 11.7. The molecule has 0 atom stereocenters. The number of hydrogen-bond donors (Lipinski definition) is 0. The van der Waals surface area contributed by atoms with Crippen LogP contribution in [-0.4, -0.2) is 5.78 Å². The lowest BCUT2D eigenvalue weighted by Crippen LogP contribution is -1.99. The lowest BCUT2D eigenvalue weighted by molar-refractivity contribution is 0.101. The van der Waals surface area contributed by atoms with E-state index in [9.17, 15) is 4.79 Å². The predicted octanol–water partition coefficient (Wildman–Crippen LogP) is 4.08. The molecule has 0 amide bonds. The van der Waals surface area contributed by atoms with Crippen LogP contribution in [0.2, 0.25) is 5.02 Å². The molecule has 1 aromatic heterocycles. The van der Waals surface area contributed by atoms with Gasteiger partial charge in [0.05, 0.1) is 5.02 Å². The molecule has 0 aliphatic heterocycles. The van der Waals surface area contributed by atoms with Gasteiger partial charge < -0.3 is 4.42 Å². The van der Waals surface area contributed by atoms with Crippen molar-refractivity contribution in [2.45, 2.75) is 6.92 Å². The third-order valence-electron chi connectivity index (χ3n) is 2.15. The number of aryl methyl sites for hydroxylation is 1. The molecule has 0 saturated carbocycles. The zero-order valence-corrected chi connectivity index (χ0v) is 11.4. The maximum Gasteiger partial charge on any atom is 0.228 e. The Bertz CT molecular complexity index is 546. The van der Waals surface area contributed by atoms with Crippen LogP contribution in [0.15, 0.2) is 34.7 Å². The van der Waals surface area contributed by atoms with Gasteiger partial charge in [-0.25, -0.2) is 0 Å². The van der Waals surface area contributed by atoms with Crippen molar-refractivity contribution in [1.82, 2.24) is 0 Å². The molecule has 0 aliphatic carbocycles. The van der Waals surface area contributed by atoms with E-state index in [1.54, 1.807) is 31.2 Å². The van der Waals surface area contributed by atoms with Crippen molar-refractivity contribution < 1.29 is 9.21 Å². The van der Waals surface area contributed by atoms with Crippen LogP contribution in [0.3, 0.4) is 0 Å². The Morgan fingerprint density at radius 3 is 2.62 bits per heavy atom. The Kier molecular flexibility index (Phi) is 3.35. The second kappa shape index (κ2) is 4.59. The van der Waals surface area contributed by atoms with Crippen molar-refractivity contribution in [3.63, 3.8) is 0 Å². The minimum absolute atomic E-state index is 0.147. The number of halogens is 2. The van der Waals surface area contributed by atoms with Crippen LogP contribution in [0.5, 0.6) is 0 Å². The van der Waals surface area contributed by atoms with Crippen LogP contribution >= 0.6 is 34.2 Å². The summed E-state index contributed by atoms with van der Waals surface area (Å²) >= 11 is 8.08. The first kappa shape index (κ1) is 11.7. The van der Waals surface area contributed by atoms with Gasteiger partial charge in [-0.15, -0.1) is 0 Å². The highest BCUT2D eigenvalue weighted by Crippen LogP contribution is 2.21. The smallest absolute Gasteiger partial charge is 0.228 e. The summed E-state index contributed by atoms with van der Waals surface area (Å²) in [6.45, 7) is 1.80. The topological polar surface area (TPSA) is 30.2 Å². The summed E-state index contributed by atoms with van der Waals surface area (Å²) < 4.78 is 6.20. The first-order valence-electron chi connectivity index (χ1n) is 4.64. The van der Waals surface area contributed by atoms with E-state index >= 15 is 0 Å². The van der Waals surface area contributed by atoms with Gasteiger partial charge in [0.2, 0.25) is 5.78 Å². The molecule has 2 rings (SSSR count). The van der Waals surface area contributed by atoms with Gasteiger partial charge in [0.1, 0.15) is 5.76 Å². The van der Waals surface area contributed by atoms with Gasteiger partial charge in [-0.3, -0.25) is 4.79 Å². The summed E-state index contributed by atoms with van der Waals surface area (Å²) in [4.78, 5) is 12.0. The molecular weight excluding hydrogens is 338 g/mol. The monoisotopic (exact) mass is 346 g/mol. The van der Waals surface area contributed by atoms with Crippen LogP contribution in [-0.2, 0) is 0 Å². The van der Waals surface area contributed by atoms with Gasteiger partial charge in [0, 0.05) is 9.13 Å². The summed E-state index contributed by atoms with van der Waals surface area (Å²) in [5, 5.41) is 0.578. The Labute approximate surface area is 112 Å². The predicted molar refractivity (Wildman–Crippen MR) is 71.0 cm³/mol. The van der Waals surface area contributed by atoms with E-state index in [2.05, 4.69) is 22.6 Å². The number of ketones is 1.